The van der Waals surface area contributed by atoms with Gasteiger partial charge in [-0.1, -0.05) is 90.1 Å². The molecule has 0 saturated carbocycles. The van der Waals surface area contributed by atoms with E-state index in [1.807, 2.05) is 35.2 Å². The molecular formula is C43H45N3O. The summed E-state index contributed by atoms with van der Waals surface area (Å²) >= 11 is 0. The summed E-state index contributed by atoms with van der Waals surface area (Å²) in [6, 6.07) is 36.5. The van der Waals surface area contributed by atoms with Gasteiger partial charge < -0.3 is 19.1 Å². The summed E-state index contributed by atoms with van der Waals surface area (Å²) in [5.74, 6) is 2.64. The summed E-state index contributed by atoms with van der Waals surface area (Å²) in [5, 5.41) is 2.35. The minimum absolute atomic E-state index is 0.254. The quantitative estimate of drug-likeness (QED) is 0.168. The molecule has 0 unspecified atom stereocenters. The molecule has 7 rings (SSSR count). The van der Waals surface area contributed by atoms with E-state index in [0.717, 1.165) is 33.5 Å². The fraction of sp³-hybridized carbons (Fsp3) is 0.256. The van der Waals surface area contributed by atoms with Crippen LogP contribution in [0.15, 0.2) is 116 Å². The number of nitrogens with zero attached hydrogens (tertiary/aromatic N) is 3. The molecule has 0 amide bonds. The van der Waals surface area contributed by atoms with Crippen molar-refractivity contribution in [3.63, 3.8) is 0 Å². The Hall–Kier alpha value is -4.96. The van der Waals surface area contributed by atoms with Gasteiger partial charge in [0.25, 0.3) is 0 Å². The Labute approximate surface area is 283 Å². The van der Waals surface area contributed by atoms with Crippen molar-refractivity contribution >= 4 is 27.5 Å². The molecule has 0 aliphatic carbocycles. The van der Waals surface area contributed by atoms with Crippen LogP contribution in [0.5, 0.6) is 11.5 Å². The van der Waals surface area contributed by atoms with E-state index in [1.54, 1.807) is 12.4 Å². The van der Waals surface area contributed by atoms with Crippen molar-refractivity contribution in [2.45, 2.75) is 59.3 Å². The summed E-state index contributed by atoms with van der Waals surface area (Å²) in [6.45, 7) is 11.8. The molecule has 6 aromatic rings. The first-order valence-electron chi connectivity index (χ1n) is 18.2. The van der Waals surface area contributed by atoms with Crippen LogP contribution in [0.1, 0.15) is 80.1 Å². The molecule has 0 N–H and O–H groups in total. The molecule has 0 spiro atoms. The largest absolute Gasteiger partial charge is 0.457 e. The first-order valence-corrected chi connectivity index (χ1v) is 16.7. The number of aromatic nitrogens is 1. The van der Waals surface area contributed by atoms with Crippen LogP contribution in [-0.4, -0.2) is 23.1 Å². The Morgan fingerprint density at radius 1 is 0.617 bits per heavy atom. The Bertz CT molecular complexity index is 2200. The number of hydrogen-bond donors (Lipinski definition) is 0. The molecule has 0 bridgehead atoms. The molecule has 47 heavy (non-hydrogen) atoms. The van der Waals surface area contributed by atoms with Gasteiger partial charge in [-0.2, -0.15) is 0 Å². The lowest BCUT2D eigenvalue weighted by atomic mass is 9.82. The zero-order chi connectivity index (χ0) is 35.3. The van der Waals surface area contributed by atoms with Crippen molar-refractivity contribution in [1.29, 1.82) is 0 Å². The van der Waals surface area contributed by atoms with E-state index in [0.29, 0.717) is 23.5 Å². The van der Waals surface area contributed by atoms with Crippen molar-refractivity contribution < 1.29 is 8.85 Å². The average molecular weight is 623 g/mol. The first kappa shape index (κ1) is 27.2. The van der Waals surface area contributed by atoms with Gasteiger partial charge >= 0.3 is 0 Å². The molecule has 5 aromatic carbocycles. The van der Waals surface area contributed by atoms with Crippen molar-refractivity contribution in [1.82, 2.24) is 9.47 Å². The third-order valence-electron chi connectivity index (χ3n) is 9.29. The highest BCUT2D eigenvalue weighted by Gasteiger charge is 2.20. The molecule has 238 valence electrons. The van der Waals surface area contributed by atoms with E-state index in [9.17, 15) is 0 Å². The molecule has 0 atom stereocenters. The van der Waals surface area contributed by atoms with Gasteiger partial charge in [0.1, 0.15) is 11.5 Å². The van der Waals surface area contributed by atoms with E-state index in [4.69, 9.17) is 8.85 Å². The van der Waals surface area contributed by atoms with E-state index >= 15 is 0 Å². The fourth-order valence-electron chi connectivity index (χ4n) is 6.83. The van der Waals surface area contributed by atoms with E-state index in [2.05, 4.69) is 119 Å². The van der Waals surface area contributed by atoms with E-state index in [1.165, 1.54) is 38.1 Å². The number of benzene rings is 5. The molecule has 1 aliphatic heterocycles. The smallest absolute Gasteiger partial charge is 0.129 e. The van der Waals surface area contributed by atoms with Crippen LogP contribution in [-0.2, 0) is 0 Å². The molecule has 4 heteroatoms. The maximum Gasteiger partial charge on any atom is 0.129 e. The van der Waals surface area contributed by atoms with Gasteiger partial charge in [-0.15, -0.1) is 0 Å². The Morgan fingerprint density at radius 2 is 1.32 bits per heavy atom. The second-order valence-corrected chi connectivity index (χ2v) is 13.6. The van der Waals surface area contributed by atoms with Crippen LogP contribution in [0, 0.1) is 0 Å². The van der Waals surface area contributed by atoms with Crippen LogP contribution >= 0.6 is 0 Å². The lowest BCUT2D eigenvalue weighted by molar-refractivity contribution is 0.481. The number of fused-ring (bicyclic) bond motifs is 3. The van der Waals surface area contributed by atoms with Gasteiger partial charge in [-0.3, -0.25) is 0 Å². The molecule has 1 aliphatic rings. The van der Waals surface area contributed by atoms with Crippen molar-refractivity contribution in [2.75, 3.05) is 18.5 Å². The molecule has 2 heterocycles. The van der Waals surface area contributed by atoms with Crippen molar-refractivity contribution in [3.8, 4) is 28.3 Å². The fourth-order valence-corrected chi connectivity index (χ4v) is 6.83. The lowest BCUT2D eigenvalue weighted by Crippen LogP contribution is -2.21. The number of para-hydroxylation sites is 1. The maximum atomic E-state index is 7.74. The second kappa shape index (κ2) is 12.3. The predicted molar refractivity (Wildman–Crippen MR) is 199 cm³/mol. The monoisotopic (exact) mass is 622 g/mol. The minimum atomic E-state index is -2.18. The third-order valence-corrected chi connectivity index (χ3v) is 9.29. The van der Waals surface area contributed by atoms with Crippen LogP contribution in [0.3, 0.4) is 0 Å². The van der Waals surface area contributed by atoms with E-state index in [-0.39, 0.29) is 6.67 Å². The summed E-state index contributed by atoms with van der Waals surface area (Å²) < 4.78 is 32.1. The topological polar surface area (TPSA) is 20.6 Å². The number of rotatable bonds is 8. The minimum Gasteiger partial charge on any atom is -0.457 e. The Morgan fingerprint density at radius 3 is 2.04 bits per heavy atom. The number of ether oxygens (including phenoxy) is 1. The predicted octanol–water partition coefficient (Wildman–Crippen LogP) is 11.8. The number of anilines is 1. The van der Waals surface area contributed by atoms with Crippen LogP contribution in [0.4, 0.5) is 5.69 Å². The van der Waals surface area contributed by atoms with Crippen LogP contribution in [0.2, 0.25) is 0 Å². The van der Waals surface area contributed by atoms with Crippen molar-refractivity contribution in [3.05, 3.63) is 132 Å². The highest BCUT2D eigenvalue weighted by molar-refractivity contribution is 6.09. The highest BCUT2D eigenvalue weighted by Crippen LogP contribution is 2.41. The summed E-state index contributed by atoms with van der Waals surface area (Å²) in [7, 11) is 0. The van der Waals surface area contributed by atoms with Crippen molar-refractivity contribution in [2.24, 2.45) is 0 Å². The normalized spacial score (nSPS) is 14.5. The lowest BCUT2D eigenvalue weighted by Gasteiger charge is -2.23. The van der Waals surface area contributed by atoms with Gasteiger partial charge in [0.15, 0.2) is 0 Å². The van der Waals surface area contributed by atoms with Gasteiger partial charge in [0, 0.05) is 57.8 Å². The SMILES string of the molecule is [2H]C([2H])([2H])N1C=CN(c2cccc(Oc3ccc4c5ccccc5n(-c5cccc(-c6c(C(C)C)cc(C(C)C)cc6C(C)C)c5)c4c3)c2)C1. The molecule has 0 radical (unpaired) electrons. The van der Waals surface area contributed by atoms with Crippen LogP contribution in [0.25, 0.3) is 38.6 Å². The third kappa shape index (κ3) is 5.78. The Kier molecular flexibility index (Phi) is 7.13. The molecule has 0 saturated heterocycles. The summed E-state index contributed by atoms with van der Waals surface area (Å²) in [6.07, 6.45) is 3.40. The molecular weight excluding hydrogens is 574 g/mol. The molecule has 4 nitrogen and oxygen atoms in total. The highest BCUT2D eigenvalue weighted by atomic mass is 16.5. The summed E-state index contributed by atoms with van der Waals surface area (Å²) in [4.78, 5) is 3.25. The molecule has 0 fully saturated rings. The standard InChI is InChI=1S/C43H45N3O/c1-28(2)32-23-39(29(3)4)43(40(24-32)30(5)6)31-12-10-14-34(22-31)46-41-17-9-8-16-37(41)38-19-18-36(26-42(38)46)47-35-15-11-13-33(25-35)45-21-20-44(7)27-45/h8-26,28-30H,27H2,1-7H3/i7D3. The maximum absolute atomic E-state index is 7.74. The zero-order valence-electron chi connectivity index (χ0n) is 31.2. The average Bonchev–Trinajstić information content (AvgIpc) is 3.72. The van der Waals surface area contributed by atoms with Gasteiger partial charge in [0.05, 0.1) is 17.7 Å². The van der Waals surface area contributed by atoms with E-state index < -0.39 is 6.98 Å². The van der Waals surface area contributed by atoms with Gasteiger partial charge in [-0.25, -0.2) is 0 Å². The van der Waals surface area contributed by atoms with Gasteiger partial charge in [-0.05, 0) is 88.0 Å². The second-order valence-electron chi connectivity index (χ2n) is 13.6. The summed E-state index contributed by atoms with van der Waals surface area (Å²) in [5.41, 5.74) is 10.9. The van der Waals surface area contributed by atoms with Gasteiger partial charge in [0.2, 0.25) is 0 Å². The Balaban J connectivity index is 1.31. The molecule has 1 aromatic heterocycles. The first-order chi connectivity index (χ1) is 23.9. The van der Waals surface area contributed by atoms with Crippen LogP contribution < -0.4 is 9.64 Å². The number of hydrogen-bond acceptors (Lipinski definition) is 3. The zero-order valence-corrected chi connectivity index (χ0v) is 28.2.